The quantitative estimate of drug-likeness (QED) is 0.184. The molecular formula is C38H54N4O8. The number of nitrogens with zero attached hydrogens (tertiary/aromatic N) is 3. The van der Waals surface area contributed by atoms with Crippen LogP contribution in [0.4, 0.5) is 5.82 Å². The number of fused-ring (bicyclic) bond motifs is 6. The van der Waals surface area contributed by atoms with Gasteiger partial charge in [-0.05, 0) is 97.7 Å². The molecule has 5 aliphatic rings. The molecule has 274 valence electrons. The Kier molecular flexibility index (Phi) is 9.71. The lowest BCUT2D eigenvalue weighted by Crippen LogP contribution is -2.62. The molecule has 4 saturated carbocycles. The molecule has 12 heteroatoms. The van der Waals surface area contributed by atoms with Crippen molar-refractivity contribution >= 4 is 22.8 Å². The number of carbonyl (C=O) groups is 1. The summed E-state index contributed by atoms with van der Waals surface area (Å²) in [5, 5.41) is 54.1. The van der Waals surface area contributed by atoms with Crippen molar-refractivity contribution in [2.24, 2.45) is 46.3 Å². The fraction of sp³-hybridized carbons (Fsp3) is 0.763. The van der Waals surface area contributed by atoms with Gasteiger partial charge in [-0.1, -0.05) is 32.6 Å². The number of aliphatic hydroxyl groups excluding tert-OH is 5. The number of anilines is 1. The van der Waals surface area contributed by atoms with E-state index in [9.17, 15) is 30.3 Å². The summed E-state index contributed by atoms with van der Waals surface area (Å²) in [4.78, 5) is 21.3. The summed E-state index contributed by atoms with van der Waals surface area (Å²) in [6.07, 6.45) is 6.89. The molecule has 0 amide bonds. The summed E-state index contributed by atoms with van der Waals surface area (Å²) in [6, 6.07) is 0. The van der Waals surface area contributed by atoms with E-state index in [1.54, 1.807) is 10.8 Å². The highest BCUT2D eigenvalue weighted by Crippen LogP contribution is 2.68. The van der Waals surface area contributed by atoms with Crippen LogP contribution >= 0.6 is 0 Å². The zero-order valence-corrected chi connectivity index (χ0v) is 29.4. The number of nitrogen functional groups attached to an aromatic ring is 1. The first-order valence-electron chi connectivity index (χ1n) is 18.6. The van der Waals surface area contributed by atoms with Crippen LogP contribution < -0.4 is 5.73 Å². The zero-order valence-electron chi connectivity index (χ0n) is 29.4. The lowest BCUT2D eigenvalue weighted by Gasteiger charge is -2.63. The van der Waals surface area contributed by atoms with Crippen LogP contribution in [0.15, 0.2) is 12.5 Å². The van der Waals surface area contributed by atoms with E-state index >= 15 is 0 Å². The minimum absolute atomic E-state index is 0.0388. The summed E-state index contributed by atoms with van der Waals surface area (Å²) in [6.45, 7) is 6.36. The highest BCUT2D eigenvalue weighted by Gasteiger charge is 2.65. The van der Waals surface area contributed by atoms with Crippen LogP contribution in [0.2, 0.25) is 0 Å². The van der Waals surface area contributed by atoms with Crippen LogP contribution in [-0.2, 0) is 14.3 Å². The summed E-state index contributed by atoms with van der Waals surface area (Å²) < 4.78 is 13.1. The third kappa shape index (κ3) is 5.92. The largest absolute Gasteiger partial charge is 0.452 e. The van der Waals surface area contributed by atoms with Gasteiger partial charge in [0, 0.05) is 19.0 Å². The van der Waals surface area contributed by atoms with Crippen molar-refractivity contribution in [2.75, 3.05) is 18.9 Å². The van der Waals surface area contributed by atoms with Gasteiger partial charge in [-0.3, -0.25) is 4.79 Å². The fourth-order valence-corrected chi connectivity index (χ4v) is 11.5. The van der Waals surface area contributed by atoms with Gasteiger partial charge in [0.2, 0.25) is 0 Å². The standard InChI is InChI=1S/C38H54N4O8/c1-20(24-7-8-25-34-26(15-30(47)38(24,25)3)37(2)11-10-23(44)13-22(37)14-28(34)46)6-9-32(48)49-12-4-5-21-17-42(31-16-27(45)29(18-43)50-31)36-33(21)35(39)40-19-41-36/h17,19-20,22-31,34,43-47H,6-16,18H2,1-3H3,(H2,39,40,41)/t20-,22+,23-,24-,25+,26+,27+,28-,29-,30+,31-,34+,37+,38-/m1/s1. The van der Waals surface area contributed by atoms with Crippen molar-refractivity contribution in [2.45, 2.75) is 122 Å². The van der Waals surface area contributed by atoms with E-state index in [1.165, 1.54) is 6.33 Å². The molecule has 1 saturated heterocycles. The molecule has 0 bridgehead atoms. The molecule has 2 aromatic rings. The molecule has 4 aliphatic carbocycles. The van der Waals surface area contributed by atoms with E-state index in [2.05, 4.69) is 42.6 Å². The van der Waals surface area contributed by atoms with Gasteiger partial charge in [0.25, 0.3) is 0 Å². The van der Waals surface area contributed by atoms with Crippen LogP contribution in [0, 0.1) is 58.2 Å². The van der Waals surface area contributed by atoms with Crippen molar-refractivity contribution in [3.63, 3.8) is 0 Å². The predicted molar refractivity (Wildman–Crippen MR) is 184 cm³/mol. The number of carbonyl (C=O) groups excluding carboxylic acids is 1. The van der Waals surface area contributed by atoms with Crippen molar-refractivity contribution < 1.29 is 39.8 Å². The first-order valence-corrected chi connectivity index (χ1v) is 18.6. The van der Waals surface area contributed by atoms with Gasteiger partial charge in [-0.2, -0.15) is 0 Å². The molecule has 12 nitrogen and oxygen atoms in total. The lowest BCUT2D eigenvalue weighted by atomic mass is 9.43. The van der Waals surface area contributed by atoms with E-state index in [0.717, 1.165) is 38.5 Å². The first kappa shape index (κ1) is 35.6. The van der Waals surface area contributed by atoms with Crippen LogP contribution in [0.5, 0.6) is 0 Å². The molecule has 0 spiro atoms. The van der Waals surface area contributed by atoms with Crippen molar-refractivity contribution in [1.29, 1.82) is 0 Å². The SMILES string of the molecule is C[C@H](CCC(=O)OCC#Cc1cn([C@H]2C[C@H](O)[C@@H](CO)O2)c2ncnc(N)c12)[C@H]1CC[C@H]2[C@@H]3[C@H](O)C[C@@H]4C[C@H](O)CC[C@]4(C)[C@H]3C[C@H](O)[C@]12C. The molecule has 7 rings (SSSR count). The molecule has 0 aromatic carbocycles. The average molecular weight is 695 g/mol. The van der Waals surface area contributed by atoms with Gasteiger partial charge in [0.05, 0.1) is 42.0 Å². The van der Waals surface area contributed by atoms with Gasteiger partial charge < -0.3 is 45.3 Å². The predicted octanol–water partition coefficient (Wildman–Crippen LogP) is 2.93. The number of aromatic nitrogens is 3. The van der Waals surface area contributed by atoms with E-state index in [4.69, 9.17) is 15.2 Å². The molecule has 7 N–H and O–H groups in total. The summed E-state index contributed by atoms with van der Waals surface area (Å²) >= 11 is 0. The third-order valence-electron chi connectivity index (χ3n) is 14.2. The van der Waals surface area contributed by atoms with E-state index < -0.39 is 30.6 Å². The second kappa shape index (κ2) is 13.6. The topological polar surface area (TPSA) is 193 Å². The van der Waals surface area contributed by atoms with Gasteiger partial charge in [-0.25, -0.2) is 9.97 Å². The number of hydrogen-bond acceptors (Lipinski definition) is 11. The number of rotatable bonds is 7. The Bertz CT molecular complexity index is 1640. The Morgan fingerprint density at radius 1 is 1.10 bits per heavy atom. The van der Waals surface area contributed by atoms with E-state index in [-0.39, 0.29) is 84.4 Å². The van der Waals surface area contributed by atoms with E-state index in [0.29, 0.717) is 35.4 Å². The molecule has 1 aliphatic heterocycles. The van der Waals surface area contributed by atoms with Crippen molar-refractivity contribution in [3.8, 4) is 11.8 Å². The Labute approximate surface area is 293 Å². The van der Waals surface area contributed by atoms with Gasteiger partial charge >= 0.3 is 5.97 Å². The number of esters is 1. The number of aliphatic hydroxyl groups is 5. The molecule has 5 fully saturated rings. The second-order valence-electron chi connectivity index (χ2n) is 16.5. The lowest BCUT2D eigenvalue weighted by molar-refractivity contribution is -0.207. The van der Waals surface area contributed by atoms with E-state index in [1.807, 2.05) is 0 Å². The maximum absolute atomic E-state index is 12.9. The molecule has 14 atom stereocenters. The van der Waals surface area contributed by atoms with Gasteiger partial charge in [-0.15, -0.1) is 0 Å². The maximum Gasteiger partial charge on any atom is 0.306 e. The Balaban J connectivity index is 0.964. The molecule has 2 aromatic heterocycles. The Morgan fingerprint density at radius 3 is 2.66 bits per heavy atom. The van der Waals surface area contributed by atoms with Crippen LogP contribution in [0.1, 0.15) is 96.8 Å². The maximum atomic E-state index is 12.9. The van der Waals surface area contributed by atoms with Gasteiger partial charge in [0.15, 0.2) is 6.61 Å². The monoisotopic (exact) mass is 694 g/mol. The third-order valence-corrected chi connectivity index (χ3v) is 14.2. The minimum atomic E-state index is -0.814. The van der Waals surface area contributed by atoms with Crippen molar-refractivity contribution in [3.05, 3.63) is 18.1 Å². The summed E-state index contributed by atoms with van der Waals surface area (Å²) in [5.74, 6) is 7.23. The highest BCUT2D eigenvalue weighted by atomic mass is 16.5. The smallest absolute Gasteiger partial charge is 0.306 e. The Morgan fingerprint density at radius 2 is 1.90 bits per heavy atom. The molecule has 50 heavy (non-hydrogen) atoms. The second-order valence-corrected chi connectivity index (χ2v) is 16.5. The van der Waals surface area contributed by atoms with Gasteiger partial charge in [0.1, 0.15) is 30.1 Å². The summed E-state index contributed by atoms with van der Waals surface area (Å²) in [7, 11) is 0. The van der Waals surface area contributed by atoms with Crippen LogP contribution in [0.25, 0.3) is 11.0 Å². The number of hydrogen-bond donors (Lipinski definition) is 6. The fourth-order valence-electron chi connectivity index (χ4n) is 11.5. The molecule has 3 heterocycles. The normalized spacial score (nSPS) is 41.5. The van der Waals surface area contributed by atoms with Crippen LogP contribution in [-0.4, -0.2) is 89.8 Å². The molecule has 0 radical (unpaired) electrons. The first-order chi connectivity index (χ1) is 23.9. The molecular weight excluding hydrogens is 640 g/mol. The van der Waals surface area contributed by atoms with Crippen LogP contribution in [0.3, 0.4) is 0 Å². The summed E-state index contributed by atoms with van der Waals surface area (Å²) in [5.41, 5.74) is 6.93. The number of ether oxygens (including phenoxy) is 2. The Hall–Kier alpha value is -2.79. The highest BCUT2D eigenvalue weighted by molar-refractivity contribution is 5.92. The minimum Gasteiger partial charge on any atom is -0.452 e. The average Bonchev–Trinajstić information content (AvgIpc) is 3.76. The molecule has 0 unspecified atom stereocenters. The van der Waals surface area contributed by atoms with Crippen molar-refractivity contribution in [1.82, 2.24) is 14.5 Å². The number of nitrogens with two attached hydrogens (primary N) is 1. The zero-order chi connectivity index (χ0) is 35.5.